The third kappa shape index (κ3) is 6.71. The van der Waals surface area contributed by atoms with E-state index in [4.69, 9.17) is 0 Å². The molecule has 2 atom stereocenters. The second-order valence-electron chi connectivity index (χ2n) is 18.2. The average molecular weight is 869 g/mol. The van der Waals surface area contributed by atoms with Gasteiger partial charge in [0.2, 0.25) is 0 Å². The molecule has 0 N–H and O–H groups in total. The van der Waals surface area contributed by atoms with Gasteiger partial charge in [-0.3, -0.25) is 0 Å². The van der Waals surface area contributed by atoms with E-state index in [1.54, 1.807) is 0 Å². The molecule has 13 rings (SSSR count). The van der Waals surface area contributed by atoms with Crippen LogP contribution in [0, 0.1) is 5.92 Å². The van der Waals surface area contributed by atoms with Gasteiger partial charge in [0.15, 0.2) is 0 Å². The molecule has 3 aliphatic carbocycles. The average Bonchev–Trinajstić information content (AvgIpc) is 3.41. The number of hydrogen-bond acceptors (Lipinski definition) is 2. The number of hydrogen-bond donors (Lipinski definition) is 0. The van der Waals surface area contributed by atoms with Crippen molar-refractivity contribution in [3.05, 3.63) is 271 Å². The summed E-state index contributed by atoms with van der Waals surface area (Å²) in [6.07, 6.45) is 18.3. The Balaban J connectivity index is 0.923. The van der Waals surface area contributed by atoms with Crippen molar-refractivity contribution in [3.63, 3.8) is 0 Å². The second kappa shape index (κ2) is 16.8. The Bertz CT molecular complexity index is 3670. The first kappa shape index (κ1) is 39.9. The van der Waals surface area contributed by atoms with Gasteiger partial charge in [0.25, 0.3) is 0 Å². The maximum atomic E-state index is 2.47. The van der Waals surface area contributed by atoms with Gasteiger partial charge >= 0.3 is 0 Å². The number of benzene rings is 10. The summed E-state index contributed by atoms with van der Waals surface area (Å²) in [5, 5.41) is 7.53. The van der Waals surface area contributed by atoms with Gasteiger partial charge in [-0.25, -0.2) is 0 Å². The summed E-state index contributed by atoms with van der Waals surface area (Å²) in [4.78, 5) is 4.87. The van der Waals surface area contributed by atoms with Gasteiger partial charge in [0, 0.05) is 45.5 Å². The van der Waals surface area contributed by atoms with Crippen LogP contribution in [0.3, 0.4) is 0 Å². The van der Waals surface area contributed by atoms with E-state index in [0.29, 0.717) is 11.8 Å². The van der Waals surface area contributed by atoms with Crippen LogP contribution < -0.4 is 9.80 Å². The lowest BCUT2D eigenvalue weighted by Gasteiger charge is -2.36. The molecule has 0 aliphatic heterocycles. The number of rotatable bonds is 8. The Hall–Kier alpha value is -8.46. The molecule has 0 saturated carbocycles. The first-order chi connectivity index (χ1) is 33.8. The molecule has 0 saturated heterocycles. The molecule has 3 aliphatic rings. The molecule has 10 aromatic carbocycles. The van der Waals surface area contributed by atoms with Crippen molar-refractivity contribution in [2.75, 3.05) is 9.80 Å². The van der Waals surface area contributed by atoms with Crippen LogP contribution in [0.1, 0.15) is 34.6 Å². The SMILES string of the molecule is C1=CC2C=C(N(c3ccccc3)c3ccc(-c4c5c(c(-c6ccc(N(c7ccccc7)c7cc8ccccc8c8ccccc78)cc6)c6ccccc46)C=CCC5)cc3)c3ccccc3C2C=C1. The van der Waals surface area contributed by atoms with Gasteiger partial charge in [-0.15, -0.1) is 0 Å². The minimum atomic E-state index is 0.295. The molecular weight excluding hydrogens is 821 g/mol. The summed E-state index contributed by atoms with van der Waals surface area (Å²) in [6, 6.07) is 78.2. The molecule has 0 amide bonds. The van der Waals surface area contributed by atoms with E-state index in [1.807, 2.05) is 0 Å². The Labute approximate surface area is 398 Å². The van der Waals surface area contributed by atoms with Crippen LogP contribution in [0.5, 0.6) is 0 Å². The van der Waals surface area contributed by atoms with Gasteiger partial charge in [0.1, 0.15) is 0 Å². The summed E-state index contributed by atoms with van der Waals surface area (Å²) < 4.78 is 0. The van der Waals surface area contributed by atoms with Crippen molar-refractivity contribution in [1.82, 2.24) is 0 Å². The number of anilines is 5. The predicted molar refractivity (Wildman–Crippen MR) is 289 cm³/mol. The van der Waals surface area contributed by atoms with Crippen LogP contribution in [0.25, 0.3) is 66.3 Å². The largest absolute Gasteiger partial charge is 0.310 e. The summed E-state index contributed by atoms with van der Waals surface area (Å²) >= 11 is 0. The van der Waals surface area contributed by atoms with Crippen LogP contribution in [0.15, 0.2) is 249 Å². The minimum Gasteiger partial charge on any atom is -0.310 e. The molecule has 0 radical (unpaired) electrons. The smallest absolute Gasteiger partial charge is 0.0546 e. The number of allylic oxidation sites excluding steroid dienone is 6. The highest BCUT2D eigenvalue weighted by Gasteiger charge is 2.31. The predicted octanol–water partition coefficient (Wildman–Crippen LogP) is 17.9. The van der Waals surface area contributed by atoms with E-state index in [-0.39, 0.29) is 0 Å². The Morgan fingerprint density at radius 3 is 1.71 bits per heavy atom. The van der Waals surface area contributed by atoms with E-state index < -0.39 is 0 Å². The van der Waals surface area contributed by atoms with Crippen molar-refractivity contribution >= 4 is 72.5 Å². The van der Waals surface area contributed by atoms with Crippen molar-refractivity contribution < 1.29 is 0 Å². The fraction of sp³-hybridized carbons (Fsp3) is 0.0606. The van der Waals surface area contributed by atoms with Crippen LogP contribution in [0.2, 0.25) is 0 Å². The summed E-state index contributed by atoms with van der Waals surface area (Å²) in [5.41, 5.74) is 17.4. The zero-order valence-corrected chi connectivity index (χ0v) is 37.7. The van der Waals surface area contributed by atoms with Gasteiger partial charge in [0.05, 0.1) is 11.4 Å². The molecule has 0 fully saturated rings. The lowest BCUT2D eigenvalue weighted by Crippen LogP contribution is -2.23. The van der Waals surface area contributed by atoms with Crippen molar-refractivity contribution in [3.8, 4) is 22.3 Å². The molecule has 10 aromatic rings. The first-order valence-corrected chi connectivity index (χ1v) is 24.0. The molecule has 2 unspecified atom stereocenters. The summed E-state index contributed by atoms with van der Waals surface area (Å²) in [7, 11) is 0. The molecule has 2 heteroatoms. The Morgan fingerprint density at radius 1 is 0.426 bits per heavy atom. The molecular formula is C66H48N2. The van der Waals surface area contributed by atoms with E-state index in [2.05, 4.69) is 265 Å². The quantitative estimate of drug-likeness (QED) is 0.140. The number of fused-ring (bicyclic) bond motifs is 8. The second-order valence-corrected chi connectivity index (χ2v) is 18.2. The van der Waals surface area contributed by atoms with Gasteiger partial charge in [-0.1, -0.05) is 200 Å². The molecule has 68 heavy (non-hydrogen) atoms. The Kier molecular flexibility index (Phi) is 9.83. The summed E-state index contributed by atoms with van der Waals surface area (Å²) in [6.45, 7) is 0. The lowest BCUT2D eigenvalue weighted by molar-refractivity contribution is 0.686. The van der Waals surface area contributed by atoms with E-state index in [1.165, 1.54) is 88.2 Å². The van der Waals surface area contributed by atoms with Crippen molar-refractivity contribution in [2.24, 2.45) is 5.92 Å². The summed E-state index contributed by atoms with van der Waals surface area (Å²) in [5.74, 6) is 0.637. The molecule has 0 heterocycles. The number of nitrogens with zero attached hydrogens (tertiary/aromatic N) is 2. The zero-order chi connectivity index (χ0) is 45.0. The van der Waals surface area contributed by atoms with Crippen LogP contribution in [-0.4, -0.2) is 0 Å². The normalized spacial score (nSPS) is 15.7. The molecule has 2 nitrogen and oxygen atoms in total. The van der Waals surface area contributed by atoms with Gasteiger partial charge in [-0.2, -0.15) is 0 Å². The fourth-order valence-corrected chi connectivity index (χ4v) is 11.4. The first-order valence-electron chi connectivity index (χ1n) is 24.0. The molecule has 0 bridgehead atoms. The maximum Gasteiger partial charge on any atom is 0.0546 e. The highest BCUT2D eigenvalue weighted by molar-refractivity contribution is 6.15. The third-order valence-electron chi connectivity index (χ3n) is 14.4. The van der Waals surface area contributed by atoms with Crippen molar-refractivity contribution in [1.29, 1.82) is 0 Å². The highest BCUT2D eigenvalue weighted by Crippen LogP contribution is 2.49. The third-order valence-corrected chi connectivity index (χ3v) is 14.4. The van der Waals surface area contributed by atoms with E-state index in [0.717, 1.165) is 35.6 Å². The maximum absolute atomic E-state index is 2.47. The monoisotopic (exact) mass is 868 g/mol. The Morgan fingerprint density at radius 2 is 0.971 bits per heavy atom. The van der Waals surface area contributed by atoms with Crippen LogP contribution >= 0.6 is 0 Å². The molecule has 322 valence electrons. The minimum absolute atomic E-state index is 0.295. The highest BCUT2D eigenvalue weighted by atomic mass is 15.2. The standard InChI is InChI=1S/C66H48N2/c1-3-21-49(22-4-1)67(63-43-47-19-7-9-25-53(47)55-27-11-13-29-57(55)63)51-39-35-45(36-40-51)65-59-31-15-17-33-61(59)66(62-34-18-16-32-60(62)65)46-37-41-52(42-38-46)68(50-23-5-2-6-24-50)64-44-48-20-8-10-26-54(48)56-28-12-14-30-58(56)64/h1-17,19-33,35-44,48,54H,18,34H2. The van der Waals surface area contributed by atoms with Crippen molar-refractivity contribution in [2.45, 2.75) is 18.8 Å². The molecule has 0 spiro atoms. The zero-order valence-electron chi connectivity index (χ0n) is 37.7. The van der Waals surface area contributed by atoms with Crippen LogP contribution in [-0.2, 0) is 6.42 Å². The van der Waals surface area contributed by atoms with Gasteiger partial charge < -0.3 is 9.80 Å². The van der Waals surface area contributed by atoms with E-state index >= 15 is 0 Å². The number of para-hydroxylation sites is 2. The lowest BCUT2D eigenvalue weighted by atomic mass is 9.75. The molecule has 0 aromatic heterocycles. The van der Waals surface area contributed by atoms with Gasteiger partial charge in [-0.05, 0) is 133 Å². The topological polar surface area (TPSA) is 6.48 Å². The van der Waals surface area contributed by atoms with E-state index in [9.17, 15) is 0 Å². The fourth-order valence-electron chi connectivity index (χ4n) is 11.4. The van der Waals surface area contributed by atoms with Crippen LogP contribution in [0.4, 0.5) is 28.4 Å².